The van der Waals surface area contributed by atoms with E-state index >= 15 is 0 Å². The number of nitrogens with one attached hydrogen (secondary N) is 1. The van der Waals surface area contributed by atoms with E-state index in [1.165, 1.54) is 13.0 Å². The number of piperidine rings is 1. The van der Waals surface area contributed by atoms with Crippen LogP contribution in [0.5, 0.6) is 0 Å². The summed E-state index contributed by atoms with van der Waals surface area (Å²) in [5.41, 5.74) is -0.287. The number of anilines is 1. The lowest BCUT2D eigenvalue weighted by Crippen LogP contribution is -2.44. The molecule has 1 N–H and O–H groups in total. The summed E-state index contributed by atoms with van der Waals surface area (Å²) in [6.45, 7) is 2.63. The van der Waals surface area contributed by atoms with Gasteiger partial charge in [-0.2, -0.15) is 18.4 Å². The van der Waals surface area contributed by atoms with E-state index in [1.54, 1.807) is 0 Å². The van der Waals surface area contributed by atoms with Gasteiger partial charge >= 0.3 is 6.18 Å². The van der Waals surface area contributed by atoms with E-state index in [1.807, 2.05) is 11.0 Å². The van der Waals surface area contributed by atoms with E-state index < -0.39 is 11.7 Å². The molecule has 0 aliphatic carbocycles. The maximum Gasteiger partial charge on any atom is 0.416 e. The molecular formula is C15H16F3N3O. The van der Waals surface area contributed by atoms with E-state index in [4.69, 9.17) is 5.26 Å². The summed E-state index contributed by atoms with van der Waals surface area (Å²) < 4.78 is 38.1. The van der Waals surface area contributed by atoms with Crippen molar-refractivity contribution in [3.63, 3.8) is 0 Å². The zero-order chi connectivity index (χ0) is 16.3. The maximum absolute atomic E-state index is 12.7. The molecule has 0 atom stereocenters. The Morgan fingerprint density at radius 1 is 1.36 bits per heavy atom. The average Bonchev–Trinajstić information content (AvgIpc) is 2.46. The van der Waals surface area contributed by atoms with Crippen molar-refractivity contribution in [2.45, 2.75) is 32.0 Å². The highest BCUT2D eigenvalue weighted by atomic mass is 19.4. The van der Waals surface area contributed by atoms with Crippen molar-refractivity contribution in [1.82, 2.24) is 5.32 Å². The number of hydrogen-bond donors (Lipinski definition) is 1. The van der Waals surface area contributed by atoms with Gasteiger partial charge in [0.15, 0.2) is 0 Å². The summed E-state index contributed by atoms with van der Waals surface area (Å²) in [6, 6.07) is 5.14. The molecule has 7 heteroatoms. The van der Waals surface area contributed by atoms with Gasteiger partial charge in [0, 0.05) is 26.1 Å². The Bertz CT molecular complexity index is 599. The summed E-state index contributed by atoms with van der Waals surface area (Å²) in [7, 11) is 0. The lowest BCUT2D eigenvalue weighted by Gasteiger charge is -2.34. The van der Waals surface area contributed by atoms with Crippen molar-refractivity contribution in [2.24, 2.45) is 0 Å². The van der Waals surface area contributed by atoms with Gasteiger partial charge in [-0.25, -0.2) is 0 Å². The minimum absolute atomic E-state index is 0.0211. The topological polar surface area (TPSA) is 56.1 Å². The first kappa shape index (κ1) is 16.1. The summed E-state index contributed by atoms with van der Waals surface area (Å²) in [5.74, 6) is -0.0919. The number of carbonyl (C=O) groups excluding carboxylic acids is 1. The Balaban J connectivity index is 2.14. The predicted molar refractivity (Wildman–Crippen MR) is 75.2 cm³/mol. The van der Waals surface area contributed by atoms with E-state index in [9.17, 15) is 18.0 Å². The van der Waals surface area contributed by atoms with E-state index in [0.717, 1.165) is 12.1 Å². The molecule has 0 saturated carbocycles. The van der Waals surface area contributed by atoms with Gasteiger partial charge in [-0.3, -0.25) is 4.79 Å². The van der Waals surface area contributed by atoms with Crippen molar-refractivity contribution in [1.29, 1.82) is 5.26 Å². The quantitative estimate of drug-likeness (QED) is 0.913. The van der Waals surface area contributed by atoms with E-state index in [0.29, 0.717) is 31.6 Å². The van der Waals surface area contributed by atoms with E-state index in [-0.39, 0.29) is 17.5 Å². The number of amides is 1. The van der Waals surface area contributed by atoms with Crippen LogP contribution in [0.15, 0.2) is 18.2 Å². The van der Waals surface area contributed by atoms with Gasteiger partial charge in [0.05, 0.1) is 16.8 Å². The fourth-order valence-corrected chi connectivity index (χ4v) is 2.63. The normalized spacial score (nSPS) is 16.2. The van der Waals surface area contributed by atoms with Crippen LogP contribution in [-0.2, 0) is 11.0 Å². The van der Waals surface area contributed by atoms with Crippen LogP contribution in [0, 0.1) is 11.3 Å². The van der Waals surface area contributed by atoms with Crippen LogP contribution in [-0.4, -0.2) is 25.0 Å². The van der Waals surface area contributed by atoms with Gasteiger partial charge in [-0.05, 0) is 31.0 Å². The van der Waals surface area contributed by atoms with Gasteiger partial charge in [-0.1, -0.05) is 0 Å². The molecule has 118 valence electrons. The first-order chi connectivity index (χ1) is 10.3. The Morgan fingerprint density at radius 2 is 2.00 bits per heavy atom. The first-order valence-corrected chi connectivity index (χ1v) is 6.94. The van der Waals surface area contributed by atoms with Crippen molar-refractivity contribution in [2.75, 3.05) is 18.0 Å². The Kier molecular flexibility index (Phi) is 4.59. The lowest BCUT2D eigenvalue weighted by atomic mass is 10.0. The number of carbonyl (C=O) groups is 1. The number of hydrogen-bond acceptors (Lipinski definition) is 3. The molecule has 1 heterocycles. The van der Waals surface area contributed by atoms with Crippen molar-refractivity contribution < 1.29 is 18.0 Å². The average molecular weight is 311 g/mol. The molecule has 1 aliphatic heterocycles. The Labute approximate surface area is 126 Å². The summed E-state index contributed by atoms with van der Waals surface area (Å²) in [4.78, 5) is 12.9. The number of nitriles is 1. The van der Waals surface area contributed by atoms with Crippen molar-refractivity contribution in [3.8, 4) is 6.07 Å². The SMILES string of the molecule is CC(=O)NC1CCN(c2ccc(C(F)(F)F)cc2C#N)CC1. The van der Waals surface area contributed by atoms with Gasteiger partial charge in [0.2, 0.25) is 5.91 Å². The molecule has 22 heavy (non-hydrogen) atoms. The predicted octanol–water partition coefficient (Wildman–Crippen LogP) is 2.68. The molecule has 0 spiro atoms. The van der Waals surface area contributed by atoms with Crippen LogP contribution in [0.3, 0.4) is 0 Å². The molecule has 1 saturated heterocycles. The Morgan fingerprint density at radius 3 is 2.50 bits per heavy atom. The second kappa shape index (κ2) is 6.26. The third-order valence-corrected chi connectivity index (χ3v) is 3.69. The van der Waals surface area contributed by atoms with Crippen LogP contribution < -0.4 is 10.2 Å². The highest BCUT2D eigenvalue weighted by molar-refractivity contribution is 5.73. The summed E-state index contributed by atoms with van der Waals surface area (Å²) in [5, 5.41) is 11.9. The highest BCUT2D eigenvalue weighted by Gasteiger charge is 2.31. The van der Waals surface area contributed by atoms with Crippen LogP contribution in [0.4, 0.5) is 18.9 Å². The molecule has 0 aromatic heterocycles. The highest BCUT2D eigenvalue weighted by Crippen LogP contribution is 2.33. The smallest absolute Gasteiger partial charge is 0.370 e. The number of rotatable bonds is 2. The number of benzene rings is 1. The zero-order valence-corrected chi connectivity index (χ0v) is 12.1. The minimum Gasteiger partial charge on any atom is -0.370 e. The van der Waals surface area contributed by atoms with Crippen molar-refractivity contribution >= 4 is 11.6 Å². The summed E-state index contributed by atoms with van der Waals surface area (Å²) in [6.07, 6.45) is -3.06. The third-order valence-electron chi connectivity index (χ3n) is 3.69. The maximum atomic E-state index is 12.7. The fourth-order valence-electron chi connectivity index (χ4n) is 2.63. The van der Waals surface area contributed by atoms with Gasteiger partial charge in [-0.15, -0.1) is 0 Å². The van der Waals surface area contributed by atoms with Gasteiger partial charge in [0.25, 0.3) is 0 Å². The van der Waals surface area contributed by atoms with Crippen LogP contribution in [0.1, 0.15) is 30.9 Å². The molecule has 4 nitrogen and oxygen atoms in total. The second-order valence-electron chi connectivity index (χ2n) is 5.30. The zero-order valence-electron chi connectivity index (χ0n) is 12.1. The molecule has 0 unspecified atom stereocenters. The molecule has 0 radical (unpaired) electrons. The van der Waals surface area contributed by atoms with Crippen LogP contribution >= 0.6 is 0 Å². The molecular weight excluding hydrogens is 295 g/mol. The molecule has 2 rings (SSSR count). The number of nitrogens with zero attached hydrogens (tertiary/aromatic N) is 2. The lowest BCUT2D eigenvalue weighted by molar-refractivity contribution is -0.137. The first-order valence-electron chi connectivity index (χ1n) is 6.94. The largest absolute Gasteiger partial charge is 0.416 e. The third kappa shape index (κ3) is 3.70. The number of halogens is 3. The van der Waals surface area contributed by atoms with Crippen LogP contribution in [0.25, 0.3) is 0 Å². The molecule has 0 bridgehead atoms. The Hall–Kier alpha value is -2.23. The second-order valence-corrected chi connectivity index (χ2v) is 5.30. The molecule has 1 aromatic carbocycles. The summed E-state index contributed by atoms with van der Waals surface area (Å²) >= 11 is 0. The van der Waals surface area contributed by atoms with Gasteiger partial charge < -0.3 is 10.2 Å². The minimum atomic E-state index is -4.46. The molecule has 1 aromatic rings. The molecule has 1 fully saturated rings. The van der Waals surface area contributed by atoms with Crippen molar-refractivity contribution in [3.05, 3.63) is 29.3 Å². The van der Waals surface area contributed by atoms with E-state index in [2.05, 4.69) is 5.32 Å². The van der Waals surface area contributed by atoms with Crippen LogP contribution in [0.2, 0.25) is 0 Å². The molecule has 1 amide bonds. The number of alkyl halides is 3. The fraction of sp³-hybridized carbons (Fsp3) is 0.467. The monoisotopic (exact) mass is 311 g/mol. The van der Waals surface area contributed by atoms with Gasteiger partial charge in [0.1, 0.15) is 6.07 Å². The molecule has 1 aliphatic rings. The standard InChI is InChI=1S/C15H16F3N3O/c1-10(22)20-13-4-6-21(7-5-13)14-3-2-12(15(16,17)18)8-11(14)9-19/h2-3,8,13H,4-7H2,1H3,(H,20,22).